The maximum absolute atomic E-state index is 13.0. The van der Waals surface area contributed by atoms with Crippen molar-refractivity contribution in [2.45, 2.75) is 31.7 Å². The minimum absolute atomic E-state index is 0.138. The molecule has 1 saturated carbocycles. The van der Waals surface area contributed by atoms with Gasteiger partial charge in [0.2, 0.25) is 0 Å². The third-order valence-corrected chi connectivity index (χ3v) is 2.93. The fourth-order valence-corrected chi connectivity index (χ4v) is 1.83. The summed E-state index contributed by atoms with van der Waals surface area (Å²) < 4.78 is 56.9. The van der Waals surface area contributed by atoms with E-state index < -0.39 is 36.7 Å². The highest BCUT2D eigenvalue weighted by Crippen LogP contribution is 2.55. The molecule has 0 aliphatic heterocycles. The van der Waals surface area contributed by atoms with Gasteiger partial charge in [-0.3, -0.25) is 4.68 Å². The summed E-state index contributed by atoms with van der Waals surface area (Å²) in [6.45, 7) is 1.31. The number of esters is 1. The number of alkyl halides is 4. The van der Waals surface area contributed by atoms with Crippen molar-refractivity contribution in [1.82, 2.24) is 15.0 Å². The summed E-state index contributed by atoms with van der Waals surface area (Å²) in [6.07, 6.45) is 0.194. The van der Waals surface area contributed by atoms with Crippen LogP contribution in [-0.4, -0.2) is 39.4 Å². The van der Waals surface area contributed by atoms with Gasteiger partial charge in [-0.05, 0) is 6.92 Å². The zero-order valence-electron chi connectivity index (χ0n) is 9.95. The second-order valence-corrected chi connectivity index (χ2v) is 4.27. The van der Waals surface area contributed by atoms with Gasteiger partial charge in [-0.1, -0.05) is 5.21 Å². The van der Waals surface area contributed by atoms with Crippen molar-refractivity contribution in [1.29, 1.82) is 0 Å². The van der Waals surface area contributed by atoms with Crippen molar-refractivity contribution in [3.05, 3.63) is 11.9 Å². The molecule has 0 saturated heterocycles. The lowest BCUT2D eigenvalue weighted by atomic mass is 9.77. The molecule has 1 unspecified atom stereocenters. The van der Waals surface area contributed by atoms with E-state index in [9.17, 15) is 22.4 Å². The summed E-state index contributed by atoms with van der Waals surface area (Å²) in [6, 6.07) is 0. The minimum Gasteiger partial charge on any atom is -0.461 e. The number of hydrogen-bond acceptors (Lipinski definition) is 4. The van der Waals surface area contributed by atoms with Crippen LogP contribution in [0.15, 0.2) is 6.20 Å². The van der Waals surface area contributed by atoms with E-state index in [0.29, 0.717) is 0 Å². The third kappa shape index (κ3) is 2.28. The highest BCUT2D eigenvalue weighted by atomic mass is 19.3. The average molecular weight is 281 g/mol. The monoisotopic (exact) mass is 281 g/mol. The minimum atomic E-state index is -4.05. The Morgan fingerprint density at radius 3 is 2.74 bits per heavy atom. The van der Waals surface area contributed by atoms with Gasteiger partial charge in [0.1, 0.15) is 0 Å². The molecule has 1 aromatic heterocycles. The molecule has 1 aliphatic carbocycles. The maximum Gasteiger partial charge on any atom is 0.360 e. The van der Waals surface area contributed by atoms with Crippen LogP contribution in [0.25, 0.3) is 0 Å². The quantitative estimate of drug-likeness (QED) is 0.623. The van der Waals surface area contributed by atoms with Crippen LogP contribution >= 0.6 is 0 Å². The molecular formula is C10H11F4N3O2. The Bertz CT molecular complexity index is 489. The summed E-state index contributed by atoms with van der Waals surface area (Å²) in [4.78, 5) is 11.3. The van der Waals surface area contributed by atoms with Gasteiger partial charge in [0, 0.05) is 6.42 Å². The van der Waals surface area contributed by atoms with Crippen molar-refractivity contribution >= 4 is 5.97 Å². The summed E-state index contributed by atoms with van der Waals surface area (Å²) in [5, 5.41) is 6.88. The summed E-state index contributed by atoms with van der Waals surface area (Å²) in [5.74, 6) is -10.3. The maximum atomic E-state index is 13.0. The molecule has 9 heteroatoms. The first-order valence-electron chi connectivity index (χ1n) is 5.61. The highest BCUT2D eigenvalue weighted by Gasteiger charge is 2.71. The fraction of sp³-hybridized carbons (Fsp3) is 0.700. The zero-order chi connectivity index (χ0) is 14.3. The molecular weight excluding hydrogens is 270 g/mol. The Morgan fingerprint density at radius 2 is 2.21 bits per heavy atom. The van der Waals surface area contributed by atoms with E-state index in [2.05, 4.69) is 15.0 Å². The van der Waals surface area contributed by atoms with Gasteiger partial charge < -0.3 is 4.74 Å². The largest absolute Gasteiger partial charge is 0.461 e. The van der Waals surface area contributed by atoms with E-state index in [0.717, 1.165) is 10.9 Å². The first-order chi connectivity index (χ1) is 8.78. The number of aromatic nitrogens is 3. The van der Waals surface area contributed by atoms with Crippen LogP contribution < -0.4 is 0 Å². The van der Waals surface area contributed by atoms with Gasteiger partial charge in [0.15, 0.2) is 5.69 Å². The van der Waals surface area contributed by atoms with E-state index in [1.54, 1.807) is 6.92 Å². The zero-order valence-corrected chi connectivity index (χ0v) is 9.95. The topological polar surface area (TPSA) is 57.0 Å². The highest BCUT2D eigenvalue weighted by molar-refractivity contribution is 5.86. The molecule has 1 heterocycles. The molecule has 0 aromatic carbocycles. The lowest BCUT2D eigenvalue weighted by molar-refractivity contribution is -0.316. The van der Waals surface area contributed by atoms with Gasteiger partial charge in [0.05, 0.1) is 25.3 Å². The number of halogens is 4. The van der Waals surface area contributed by atoms with Crippen molar-refractivity contribution in [3.63, 3.8) is 0 Å². The smallest absolute Gasteiger partial charge is 0.360 e. The summed E-state index contributed by atoms with van der Waals surface area (Å²) in [7, 11) is 0. The molecule has 1 aliphatic rings. The molecule has 19 heavy (non-hydrogen) atoms. The van der Waals surface area contributed by atoms with Gasteiger partial charge in [-0.15, -0.1) is 5.10 Å². The third-order valence-electron chi connectivity index (χ3n) is 2.93. The molecule has 0 bridgehead atoms. The molecule has 106 valence electrons. The standard InChI is InChI=1S/C10H11F4N3O2/c1-2-19-8(18)7-5-17(16-15-7)4-6-3-9(11,12)10(6,13)14/h5-6H,2-4H2,1H3. The Balaban J connectivity index is 2.00. The second-order valence-electron chi connectivity index (χ2n) is 4.27. The number of carbonyl (C=O) groups is 1. The van der Waals surface area contributed by atoms with E-state index in [-0.39, 0.29) is 12.3 Å². The number of ether oxygens (including phenoxy) is 1. The van der Waals surface area contributed by atoms with Gasteiger partial charge in [-0.25, -0.2) is 4.79 Å². The van der Waals surface area contributed by atoms with Gasteiger partial charge in [-0.2, -0.15) is 17.6 Å². The van der Waals surface area contributed by atoms with E-state index in [1.807, 2.05) is 0 Å². The average Bonchev–Trinajstić information content (AvgIpc) is 2.77. The predicted octanol–water partition coefficient (Wildman–Crippen LogP) is 1.75. The number of hydrogen-bond donors (Lipinski definition) is 0. The van der Waals surface area contributed by atoms with Crippen LogP contribution in [0, 0.1) is 5.92 Å². The van der Waals surface area contributed by atoms with E-state index in [4.69, 9.17) is 0 Å². The molecule has 2 rings (SSSR count). The Morgan fingerprint density at radius 1 is 1.53 bits per heavy atom. The lowest BCUT2D eigenvalue weighted by Gasteiger charge is -2.43. The molecule has 0 spiro atoms. The summed E-state index contributed by atoms with van der Waals surface area (Å²) in [5.41, 5.74) is -0.142. The Kier molecular flexibility index (Phi) is 3.23. The van der Waals surface area contributed by atoms with Crippen LogP contribution in [0.1, 0.15) is 23.8 Å². The van der Waals surface area contributed by atoms with Crippen LogP contribution in [-0.2, 0) is 11.3 Å². The Hall–Kier alpha value is -1.67. The van der Waals surface area contributed by atoms with Crippen LogP contribution in [0.3, 0.4) is 0 Å². The van der Waals surface area contributed by atoms with Crippen LogP contribution in [0.4, 0.5) is 17.6 Å². The van der Waals surface area contributed by atoms with Crippen LogP contribution in [0.5, 0.6) is 0 Å². The van der Waals surface area contributed by atoms with Crippen molar-refractivity contribution in [3.8, 4) is 0 Å². The first kappa shape index (κ1) is 13.8. The SMILES string of the molecule is CCOC(=O)c1cn(CC2CC(F)(F)C2(F)F)nn1. The second kappa shape index (κ2) is 4.46. The normalized spacial score (nSPS) is 23.7. The number of rotatable bonds is 4. The van der Waals surface area contributed by atoms with Crippen molar-refractivity contribution in [2.24, 2.45) is 5.92 Å². The lowest BCUT2D eigenvalue weighted by Crippen LogP contribution is -2.59. The van der Waals surface area contributed by atoms with Gasteiger partial charge >= 0.3 is 17.8 Å². The molecule has 1 aromatic rings. The molecule has 0 amide bonds. The van der Waals surface area contributed by atoms with E-state index >= 15 is 0 Å². The molecule has 5 nitrogen and oxygen atoms in total. The van der Waals surface area contributed by atoms with Gasteiger partial charge in [0.25, 0.3) is 0 Å². The number of carbonyl (C=O) groups excluding carboxylic acids is 1. The van der Waals surface area contributed by atoms with E-state index in [1.165, 1.54) is 0 Å². The first-order valence-corrected chi connectivity index (χ1v) is 5.61. The Labute approximate surface area is 105 Å². The number of nitrogens with zero attached hydrogens (tertiary/aromatic N) is 3. The molecule has 1 atom stereocenters. The molecule has 0 N–H and O–H groups in total. The molecule has 1 fully saturated rings. The predicted molar refractivity (Wildman–Crippen MR) is 54.0 cm³/mol. The van der Waals surface area contributed by atoms with Crippen LogP contribution in [0.2, 0.25) is 0 Å². The molecule has 0 radical (unpaired) electrons. The fourth-order valence-electron chi connectivity index (χ4n) is 1.83. The summed E-state index contributed by atoms with van der Waals surface area (Å²) >= 11 is 0. The van der Waals surface area contributed by atoms with Crippen molar-refractivity contribution < 1.29 is 27.1 Å². The van der Waals surface area contributed by atoms with Crippen molar-refractivity contribution in [2.75, 3.05) is 6.61 Å².